The van der Waals surface area contributed by atoms with E-state index in [1.165, 1.54) is 19.3 Å². The van der Waals surface area contributed by atoms with E-state index in [-0.39, 0.29) is 18.3 Å². The Morgan fingerprint density at radius 1 is 1.18 bits per heavy atom. The number of hydrogen-bond acceptors (Lipinski definition) is 8. The van der Waals surface area contributed by atoms with Gasteiger partial charge in [0.15, 0.2) is 29.1 Å². The first kappa shape index (κ1) is 24.7. The number of amides is 1. The summed E-state index contributed by atoms with van der Waals surface area (Å²) in [5.41, 5.74) is 0.933. The van der Waals surface area contributed by atoms with E-state index in [1.54, 1.807) is 37.3 Å². The normalized spacial score (nSPS) is 13.9. The highest BCUT2D eigenvalue weighted by molar-refractivity contribution is 5.85. The number of methoxy groups -OCH3 is 1. The largest absolute Gasteiger partial charge is 0.504 e. The molecule has 1 amide bonds. The molecule has 2 aromatic carbocycles. The second-order valence-corrected chi connectivity index (χ2v) is 7.26. The minimum absolute atomic E-state index is 0.110. The van der Waals surface area contributed by atoms with Crippen LogP contribution in [0.25, 0.3) is 0 Å². The van der Waals surface area contributed by atoms with Gasteiger partial charge in [-0.2, -0.15) is 0 Å². The number of carboxylic acid groups (broad SMARTS) is 1. The van der Waals surface area contributed by atoms with Crippen molar-refractivity contribution < 1.29 is 43.5 Å². The molecule has 0 spiro atoms. The molecule has 1 heterocycles. The van der Waals surface area contributed by atoms with Gasteiger partial charge in [-0.25, -0.2) is 9.59 Å². The first-order valence-electron chi connectivity index (χ1n) is 10.7. The van der Waals surface area contributed by atoms with Crippen LogP contribution in [0, 0.1) is 0 Å². The number of phenolic OH excluding ortho intramolecular Hbond substituents is 1. The van der Waals surface area contributed by atoms with Crippen LogP contribution in [0.5, 0.6) is 23.0 Å². The molecule has 1 aliphatic heterocycles. The molecule has 0 fully saturated rings. The zero-order valence-corrected chi connectivity index (χ0v) is 18.9. The number of fused-ring (bicyclic) bond motifs is 1. The van der Waals surface area contributed by atoms with E-state index >= 15 is 0 Å². The van der Waals surface area contributed by atoms with E-state index in [0.29, 0.717) is 42.2 Å². The number of phenols is 1. The molecule has 10 nitrogen and oxygen atoms in total. The molecule has 0 aliphatic carbocycles. The fourth-order valence-electron chi connectivity index (χ4n) is 3.46. The van der Waals surface area contributed by atoms with Crippen molar-refractivity contribution >= 4 is 17.7 Å². The molecule has 0 unspecified atom stereocenters. The second-order valence-electron chi connectivity index (χ2n) is 7.26. The van der Waals surface area contributed by atoms with Gasteiger partial charge >= 0.3 is 12.1 Å². The van der Waals surface area contributed by atoms with Gasteiger partial charge in [0.05, 0.1) is 13.2 Å². The summed E-state index contributed by atoms with van der Waals surface area (Å²) in [7, 11) is 1.43. The molecule has 2 aromatic rings. The van der Waals surface area contributed by atoms with Crippen molar-refractivity contribution in [2.75, 3.05) is 25.8 Å². The van der Waals surface area contributed by atoms with E-state index in [4.69, 9.17) is 28.8 Å². The number of benzene rings is 2. The van der Waals surface area contributed by atoms with Crippen LogP contribution in [0.4, 0.5) is 10.5 Å². The third kappa shape index (κ3) is 6.55. The average molecular weight is 473 g/mol. The van der Waals surface area contributed by atoms with Crippen molar-refractivity contribution in [2.45, 2.75) is 32.0 Å². The molecule has 0 radical (unpaired) electrons. The summed E-state index contributed by atoms with van der Waals surface area (Å²) in [5, 5.41) is 21.7. The van der Waals surface area contributed by atoms with Gasteiger partial charge < -0.3 is 33.9 Å². The molecule has 3 rings (SSSR count). The van der Waals surface area contributed by atoms with Crippen LogP contribution in [0.2, 0.25) is 0 Å². The molecule has 1 aliphatic rings. The number of carboxylic acids is 1. The summed E-state index contributed by atoms with van der Waals surface area (Å²) in [6, 6.07) is 9.61. The number of aromatic hydroxyl groups is 1. The Balaban J connectivity index is 1.81. The van der Waals surface area contributed by atoms with Crippen molar-refractivity contribution in [2.24, 2.45) is 0 Å². The van der Waals surface area contributed by atoms with Crippen molar-refractivity contribution in [1.82, 2.24) is 0 Å². The van der Waals surface area contributed by atoms with Crippen LogP contribution < -0.4 is 19.5 Å². The van der Waals surface area contributed by atoms with E-state index < -0.39 is 24.3 Å². The molecule has 182 valence electrons. The summed E-state index contributed by atoms with van der Waals surface area (Å²) in [6.45, 7) is 2.24. The molecule has 34 heavy (non-hydrogen) atoms. The van der Waals surface area contributed by atoms with Crippen LogP contribution in [0.15, 0.2) is 48.6 Å². The smallest absolute Gasteiger partial charge is 0.412 e. The van der Waals surface area contributed by atoms with Crippen molar-refractivity contribution in [3.63, 3.8) is 0 Å². The first-order valence-corrected chi connectivity index (χ1v) is 10.7. The summed E-state index contributed by atoms with van der Waals surface area (Å²) in [5.74, 6) is 0.183. The number of rotatable bonds is 11. The van der Waals surface area contributed by atoms with Crippen LogP contribution in [-0.2, 0) is 14.3 Å². The number of allylic oxidation sites excluding steroid dienone is 1. The standard InChI is InChI=1S/C24H27NO9/c1-3-31-20(6-4-5-7-22(27)28)23(15-8-10-18(30-2)17(26)12-15)34-24(29)25-16-9-11-19-21(13-16)33-14-32-19/h5,7-13,20,23,26H,3-4,6,14H2,1-2H3,(H,25,29)(H,27,28)/b7-5+/t20-,23-/m1/s1. The topological polar surface area (TPSA) is 133 Å². The van der Waals surface area contributed by atoms with E-state index in [9.17, 15) is 14.7 Å². The number of hydrogen-bond donors (Lipinski definition) is 3. The Bertz CT molecular complexity index is 1040. The lowest BCUT2D eigenvalue weighted by atomic mass is 9.99. The minimum Gasteiger partial charge on any atom is -0.504 e. The molecule has 0 saturated heterocycles. The third-order valence-corrected chi connectivity index (χ3v) is 4.98. The number of anilines is 1. The summed E-state index contributed by atoms with van der Waals surface area (Å²) < 4.78 is 27.3. The van der Waals surface area contributed by atoms with Crippen molar-refractivity contribution in [3.05, 3.63) is 54.1 Å². The fourth-order valence-corrected chi connectivity index (χ4v) is 3.46. The van der Waals surface area contributed by atoms with Gasteiger partial charge in [0.2, 0.25) is 6.79 Å². The first-order chi connectivity index (χ1) is 16.4. The Labute approximate surface area is 196 Å². The SMILES string of the molecule is CCO[C@H](CC/C=C/C(=O)O)[C@H](OC(=O)Nc1ccc2c(c1)OCO2)c1ccc(OC)c(O)c1. The highest BCUT2D eigenvalue weighted by Gasteiger charge is 2.28. The van der Waals surface area contributed by atoms with Gasteiger partial charge in [-0.15, -0.1) is 0 Å². The quantitative estimate of drug-likeness (QED) is 0.410. The summed E-state index contributed by atoms with van der Waals surface area (Å²) in [4.78, 5) is 23.6. The number of carbonyl (C=O) groups excluding carboxylic acids is 1. The zero-order valence-electron chi connectivity index (χ0n) is 18.9. The van der Waals surface area contributed by atoms with Gasteiger partial charge in [0.1, 0.15) is 0 Å². The van der Waals surface area contributed by atoms with Gasteiger partial charge in [-0.05, 0) is 49.6 Å². The van der Waals surface area contributed by atoms with Crippen molar-refractivity contribution in [3.8, 4) is 23.0 Å². The molecule has 0 saturated carbocycles. The van der Waals surface area contributed by atoms with Gasteiger partial charge in [-0.3, -0.25) is 5.32 Å². The second kappa shape index (κ2) is 11.8. The van der Waals surface area contributed by atoms with E-state index in [2.05, 4.69) is 5.32 Å². The predicted octanol–water partition coefficient (Wildman–Crippen LogP) is 4.25. The highest BCUT2D eigenvalue weighted by Crippen LogP contribution is 2.36. The monoisotopic (exact) mass is 473 g/mol. The Morgan fingerprint density at radius 3 is 2.68 bits per heavy atom. The molecule has 2 atom stereocenters. The molecular formula is C24H27NO9. The molecule has 0 bridgehead atoms. The molecule has 0 aromatic heterocycles. The fraction of sp³-hybridized carbons (Fsp3) is 0.333. The molecule has 3 N–H and O–H groups in total. The Hall–Kier alpha value is -3.92. The Morgan fingerprint density at radius 2 is 1.97 bits per heavy atom. The van der Waals surface area contributed by atoms with Gasteiger partial charge in [0, 0.05) is 24.4 Å². The minimum atomic E-state index is -1.05. The summed E-state index contributed by atoms with van der Waals surface area (Å²) >= 11 is 0. The lowest BCUT2D eigenvalue weighted by Crippen LogP contribution is -2.29. The lowest BCUT2D eigenvalue weighted by Gasteiger charge is -2.27. The molecular weight excluding hydrogens is 446 g/mol. The van der Waals surface area contributed by atoms with Crippen molar-refractivity contribution in [1.29, 1.82) is 0 Å². The van der Waals surface area contributed by atoms with Crippen LogP contribution in [0.3, 0.4) is 0 Å². The maximum Gasteiger partial charge on any atom is 0.412 e. The zero-order chi connectivity index (χ0) is 24.5. The number of aliphatic carboxylic acids is 1. The van der Waals surface area contributed by atoms with Crippen LogP contribution >= 0.6 is 0 Å². The highest BCUT2D eigenvalue weighted by atomic mass is 16.7. The van der Waals surface area contributed by atoms with Crippen LogP contribution in [-0.4, -0.2) is 48.9 Å². The lowest BCUT2D eigenvalue weighted by molar-refractivity contribution is -0.131. The Kier molecular flexibility index (Phi) is 8.58. The number of ether oxygens (including phenoxy) is 5. The predicted molar refractivity (Wildman–Crippen MR) is 121 cm³/mol. The maximum absolute atomic E-state index is 12.8. The van der Waals surface area contributed by atoms with E-state index in [0.717, 1.165) is 6.08 Å². The number of nitrogens with one attached hydrogen (secondary N) is 1. The van der Waals surface area contributed by atoms with Crippen LogP contribution in [0.1, 0.15) is 31.4 Å². The maximum atomic E-state index is 12.8. The third-order valence-electron chi connectivity index (χ3n) is 4.98. The van der Waals surface area contributed by atoms with E-state index in [1.807, 2.05) is 0 Å². The van der Waals surface area contributed by atoms with Gasteiger partial charge in [0.25, 0.3) is 0 Å². The van der Waals surface area contributed by atoms with Gasteiger partial charge in [-0.1, -0.05) is 12.1 Å². The molecule has 10 heteroatoms. The average Bonchev–Trinajstić information content (AvgIpc) is 3.27. The number of carbonyl (C=O) groups is 2. The summed E-state index contributed by atoms with van der Waals surface area (Å²) in [6.07, 6.45) is 1.04.